The number of nitrogens with one attached hydrogen (secondary N) is 6. The van der Waals surface area contributed by atoms with Crippen LogP contribution in [0, 0.1) is 12.3 Å². The summed E-state index contributed by atoms with van der Waals surface area (Å²) in [7, 11) is 0. The highest BCUT2D eigenvalue weighted by Gasteiger charge is 2.44. The van der Waals surface area contributed by atoms with E-state index < -0.39 is 41.0 Å². The Morgan fingerprint density at radius 2 is 1.54 bits per heavy atom. The number of carbonyl (C=O) groups excluding carboxylic acids is 4. The van der Waals surface area contributed by atoms with Gasteiger partial charge in [0.1, 0.15) is 24.4 Å². The summed E-state index contributed by atoms with van der Waals surface area (Å²) in [5, 5.41) is 35.5. The Balaban J connectivity index is 0.668. The number of unbranched alkanes of at least 4 members (excludes halogenated alkanes) is 2. The summed E-state index contributed by atoms with van der Waals surface area (Å²) in [5.41, 5.74) is 6.80. The largest absolute Gasteiger partial charge is 0.494 e. The molecule has 0 unspecified atom stereocenters. The van der Waals surface area contributed by atoms with Gasteiger partial charge in [0.2, 0.25) is 17.7 Å². The van der Waals surface area contributed by atoms with Crippen LogP contribution in [0.15, 0.2) is 103 Å². The Labute approximate surface area is 460 Å². The molecule has 7 N–H and O–H groups in total. The van der Waals surface area contributed by atoms with Crippen molar-refractivity contribution in [2.45, 2.75) is 109 Å². The van der Waals surface area contributed by atoms with Gasteiger partial charge in [0.05, 0.1) is 34.3 Å². The molecular weight excluding hydrogens is 1010 g/mol. The predicted octanol–water partition coefficient (Wildman–Crippen LogP) is 6.70. The number of aliphatic hydroxyl groups excluding tert-OH is 1. The van der Waals surface area contributed by atoms with Crippen molar-refractivity contribution in [1.82, 2.24) is 51.3 Å². The summed E-state index contributed by atoms with van der Waals surface area (Å²) in [6.07, 6.45) is 7.54. The molecule has 6 aromatic rings. The number of amides is 4. The molecule has 4 amide bonds. The number of anilines is 1. The number of aromatic nitrogens is 5. The topological polar surface area (TPSA) is 247 Å². The number of likely N-dealkylation sites (tertiary alicyclic amines) is 1. The van der Waals surface area contributed by atoms with Crippen molar-refractivity contribution in [3.63, 3.8) is 0 Å². The second kappa shape index (κ2) is 27.5. The molecule has 3 aromatic heterocycles. The van der Waals surface area contributed by atoms with Crippen LogP contribution < -0.4 is 31.3 Å². The van der Waals surface area contributed by atoms with E-state index in [0.29, 0.717) is 50.8 Å². The second-order valence-electron chi connectivity index (χ2n) is 21.0. The quantitative estimate of drug-likeness (QED) is 0.0280. The second-order valence-corrected chi connectivity index (χ2v) is 21.8. The fourth-order valence-corrected chi connectivity index (χ4v) is 10.4. The first kappa shape index (κ1) is 57.1. The van der Waals surface area contributed by atoms with Crippen LogP contribution in [0.25, 0.3) is 21.8 Å². The van der Waals surface area contributed by atoms with E-state index in [0.717, 1.165) is 95.3 Å². The van der Waals surface area contributed by atoms with E-state index in [1.54, 1.807) is 23.7 Å². The van der Waals surface area contributed by atoms with E-state index >= 15 is 0 Å². The molecular formula is C58H73N11O8S. The van der Waals surface area contributed by atoms with Crippen LogP contribution in [0.4, 0.5) is 5.69 Å². The smallest absolute Gasteiger partial charge is 0.251 e. The summed E-state index contributed by atoms with van der Waals surface area (Å²) < 4.78 is 17.4. The number of rotatable bonds is 26. The number of H-pyrrole nitrogens is 1. The van der Waals surface area contributed by atoms with E-state index in [4.69, 9.17) is 14.2 Å². The Morgan fingerprint density at radius 1 is 0.833 bits per heavy atom. The van der Waals surface area contributed by atoms with E-state index in [2.05, 4.69) is 51.7 Å². The number of carbonyl (C=O) groups is 4. The van der Waals surface area contributed by atoms with Gasteiger partial charge < -0.3 is 55.8 Å². The van der Waals surface area contributed by atoms with Crippen molar-refractivity contribution in [3.05, 3.63) is 131 Å². The van der Waals surface area contributed by atoms with Gasteiger partial charge >= 0.3 is 0 Å². The number of ether oxygens (including phenoxy) is 3. The number of piperidine rings is 1. The fraction of sp³-hybridized carbons (Fsp3) is 0.448. The third kappa shape index (κ3) is 15.8. The molecule has 5 heterocycles. The first-order valence-electron chi connectivity index (χ1n) is 26.9. The van der Waals surface area contributed by atoms with Crippen LogP contribution in [0.1, 0.15) is 98.7 Å². The third-order valence-electron chi connectivity index (χ3n) is 14.0. The van der Waals surface area contributed by atoms with Crippen LogP contribution in [-0.2, 0) is 42.5 Å². The molecule has 0 spiro atoms. The lowest BCUT2D eigenvalue weighted by atomic mass is 9.85. The molecule has 414 valence electrons. The minimum atomic E-state index is -0.947. The van der Waals surface area contributed by atoms with Gasteiger partial charge in [-0.05, 0) is 123 Å². The van der Waals surface area contributed by atoms with E-state index in [1.807, 2.05) is 118 Å². The molecule has 3 atom stereocenters. The van der Waals surface area contributed by atoms with Gasteiger partial charge in [-0.25, -0.2) is 4.98 Å². The number of thiazole rings is 1. The van der Waals surface area contributed by atoms with Gasteiger partial charge in [-0.2, -0.15) is 0 Å². The van der Waals surface area contributed by atoms with Crippen LogP contribution in [-0.4, -0.2) is 130 Å². The molecule has 78 heavy (non-hydrogen) atoms. The third-order valence-corrected chi connectivity index (χ3v) is 14.9. The molecule has 0 aliphatic carbocycles. The highest BCUT2D eigenvalue weighted by atomic mass is 32.1. The summed E-state index contributed by atoms with van der Waals surface area (Å²) in [6, 6.07) is 25.1. The fourth-order valence-electron chi connectivity index (χ4n) is 9.58. The van der Waals surface area contributed by atoms with E-state index in [-0.39, 0.29) is 37.9 Å². The molecule has 2 saturated heterocycles. The SMILES string of the molecule is Cc1ncsc1-c1ccc(CNC(=O)[C@@H]2C[C@@H](O)CN2C(=O)[C@@H](NC(=O)COCCCOCCCCCOc2ccc(CNC(=O)c3cccc(NC4(c5nnc(-c6ccncc6)[nH]5)CCNCC4)c3)cc2)C(C)(C)C)cc1. The highest BCUT2D eigenvalue weighted by Crippen LogP contribution is 2.34. The lowest BCUT2D eigenvalue weighted by Crippen LogP contribution is -2.58. The lowest BCUT2D eigenvalue weighted by Gasteiger charge is -2.37. The maximum Gasteiger partial charge on any atom is 0.251 e. The number of aliphatic hydroxyl groups is 1. The van der Waals surface area contributed by atoms with Crippen molar-refractivity contribution in [1.29, 1.82) is 0 Å². The number of hydrogen-bond donors (Lipinski definition) is 7. The average molecular weight is 1080 g/mol. The van der Waals surface area contributed by atoms with E-state index in [9.17, 15) is 24.3 Å². The predicted molar refractivity (Wildman–Crippen MR) is 298 cm³/mol. The Kier molecular flexibility index (Phi) is 20.1. The zero-order valence-electron chi connectivity index (χ0n) is 45.0. The molecule has 20 heteroatoms. The minimum absolute atomic E-state index is 0.00720. The van der Waals surface area contributed by atoms with Gasteiger partial charge in [-0.1, -0.05) is 63.2 Å². The van der Waals surface area contributed by atoms with Gasteiger partial charge in [0.15, 0.2) is 11.6 Å². The number of pyridine rings is 1. The highest BCUT2D eigenvalue weighted by molar-refractivity contribution is 7.13. The normalized spacial score (nSPS) is 16.6. The Hall–Kier alpha value is -7.10. The van der Waals surface area contributed by atoms with Crippen molar-refractivity contribution >= 4 is 40.7 Å². The summed E-state index contributed by atoms with van der Waals surface area (Å²) in [6.45, 7) is 11.5. The van der Waals surface area contributed by atoms with Crippen LogP contribution in [0.3, 0.4) is 0 Å². The molecule has 3 aromatic carbocycles. The summed E-state index contributed by atoms with van der Waals surface area (Å²) >= 11 is 1.57. The van der Waals surface area contributed by atoms with Gasteiger partial charge in [0.25, 0.3) is 5.91 Å². The van der Waals surface area contributed by atoms with Crippen molar-refractivity contribution in [2.75, 3.05) is 58.0 Å². The Morgan fingerprint density at radius 3 is 2.27 bits per heavy atom. The lowest BCUT2D eigenvalue weighted by molar-refractivity contribution is -0.144. The first-order valence-corrected chi connectivity index (χ1v) is 27.8. The van der Waals surface area contributed by atoms with E-state index in [1.165, 1.54) is 4.90 Å². The van der Waals surface area contributed by atoms with Crippen LogP contribution >= 0.6 is 11.3 Å². The van der Waals surface area contributed by atoms with Crippen molar-refractivity contribution < 1.29 is 38.5 Å². The van der Waals surface area contributed by atoms with Crippen LogP contribution in [0.5, 0.6) is 5.75 Å². The Bertz CT molecular complexity index is 2890. The van der Waals surface area contributed by atoms with Crippen LogP contribution in [0.2, 0.25) is 0 Å². The number of benzene rings is 3. The number of β-amino-alcohol motifs (C(OH)–C–C–N with tert-alkyl or cyclic N) is 1. The average Bonchev–Trinajstić information content (AvgIpc) is 4.30. The molecule has 2 aliphatic heterocycles. The number of aryl methyl sites for hydroxylation is 1. The van der Waals surface area contributed by atoms with Gasteiger partial charge in [0, 0.05) is 75.1 Å². The molecule has 2 aliphatic rings. The molecule has 0 saturated carbocycles. The molecule has 0 radical (unpaired) electrons. The maximum absolute atomic E-state index is 14.0. The zero-order valence-corrected chi connectivity index (χ0v) is 45.8. The van der Waals surface area contributed by atoms with Crippen molar-refractivity contribution in [2.24, 2.45) is 5.41 Å². The molecule has 2 fully saturated rings. The van der Waals surface area contributed by atoms with Crippen molar-refractivity contribution in [3.8, 4) is 27.6 Å². The summed E-state index contributed by atoms with van der Waals surface area (Å²) in [5.74, 6) is 0.790. The molecule has 0 bridgehead atoms. The standard InChI is InChI=1S/C58H73N11O8S/c1-39-50(78-38-63-39)42-16-12-40(13-17-42)35-62-54(73)48-33-46(70)36-69(48)55(74)51(57(2,3)4)64-49(71)37-76-30-9-29-75-28-6-5-7-31-77-47-18-14-41(15-19-47)34-61-53(72)44-10-8-11-45(32-44)66-58(22-26-60-27-23-58)56-65-52(67-68-56)43-20-24-59-25-21-43/h8,10-21,24-25,32,38,46,48,51,60,66,70H,5-7,9,22-23,26-31,33-37H2,1-4H3,(H,61,72)(H,62,73)(H,64,71)(H,65,67,68)/t46-,48+,51-/m1/s1. The summed E-state index contributed by atoms with van der Waals surface area (Å²) in [4.78, 5) is 68.1. The molecule has 8 rings (SSSR count). The molecule has 19 nitrogen and oxygen atoms in total. The number of aromatic amines is 1. The maximum atomic E-state index is 14.0. The van der Waals surface area contributed by atoms with Gasteiger partial charge in [-0.3, -0.25) is 24.2 Å². The minimum Gasteiger partial charge on any atom is -0.494 e. The first-order chi connectivity index (χ1) is 37.7. The monoisotopic (exact) mass is 1080 g/mol. The van der Waals surface area contributed by atoms with Gasteiger partial charge in [-0.15, -0.1) is 21.5 Å². The zero-order chi connectivity index (χ0) is 54.9. The number of nitrogens with zero attached hydrogens (tertiary/aromatic N) is 5. The number of hydrogen-bond acceptors (Lipinski definition) is 15.